The molecule has 2 N–H and O–H groups in total. The molecular weight excluding hydrogens is 262 g/mol. The molecule has 0 aliphatic heterocycles. The molecule has 0 aliphatic rings. The fourth-order valence-corrected chi connectivity index (χ4v) is 1.63. The van der Waals surface area contributed by atoms with Gasteiger partial charge in [0.25, 0.3) is 0 Å². The normalized spacial score (nSPS) is 11.4. The summed E-state index contributed by atoms with van der Waals surface area (Å²) in [5, 5.41) is 0. The van der Waals surface area contributed by atoms with Gasteiger partial charge in [-0.15, -0.1) is 13.2 Å². The van der Waals surface area contributed by atoms with Crippen LogP contribution in [-0.4, -0.2) is 6.36 Å². The van der Waals surface area contributed by atoms with Gasteiger partial charge in [0, 0.05) is 11.3 Å². The molecule has 6 heteroatoms. The highest BCUT2D eigenvalue weighted by Gasteiger charge is 2.30. The molecule has 0 saturated carbocycles. The van der Waals surface area contributed by atoms with E-state index in [4.69, 9.17) is 5.73 Å². The third kappa shape index (κ3) is 3.37. The number of ether oxygens (including phenoxy) is 1. The van der Waals surface area contributed by atoms with Crippen molar-refractivity contribution in [2.75, 3.05) is 5.73 Å². The Labute approximate surface area is 106 Å². The summed E-state index contributed by atoms with van der Waals surface area (Å²) in [4.78, 5) is 0. The number of hydrogen-bond donors (Lipinski definition) is 1. The van der Waals surface area contributed by atoms with Crippen LogP contribution in [0.1, 0.15) is 0 Å². The summed E-state index contributed by atoms with van der Waals surface area (Å²) in [7, 11) is 0. The Morgan fingerprint density at radius 3 is 2.11 bits per heavy atom. The maximum atomic E-state index is 12.9. The largest absolute Gasteiger partial charge is 0.573 e. The van der Waals surface area contributed by atoms with E-state index in [1.54, 1.807) is 0 Å². The molecule has 0 aromatic heterocycles. The smallest absolute Gasteiger partial charge is 0.406 e. The fourth-order valence-electron chi connectivity index (χ4n) is 1.63. The van der Waals surface area contributed by atoms with Crippen LogP contribution in [0.3, 0.4) is 0 Å². The van der Waals surface area contributed by atoms with Gasteiger partial charge in [0.2, 0.25) is 0 Å². The van der Waals surface area contributed by atoms with E-state index in [9.17, 15) is 17.6 Å². The van der Waals surface area contributed by atoms with Crippen molar-refractivity contribution in [2.24, 2.45) is 0 Å². The number of nitrogen functional groups attached to an aromatic ring is 1. The first-order chi connectivity index (χ1) is 8.85. The number of nitrogens with two attached hydrogens (primary N) is 1. The first-order valence-corrected chi connectivity index (χ1v) is 5.26. The van der Waals surface area contributed by atoms with Crippen molar-refractivity contribution in [3.05, 3.63) is 48.3 Å². The lowest BCUT2D eigenvalue weighted by Gasteiger charge is -2.10. The third-order valence-corrected chi connectivity index (χ3v) is 2.41. The van der Waals surface area contributed by atoms with Gasteiger partial charge in [-0.2, -0.15) is 0 Å². The summed E-state index contributed by atoms with van der Waals surface area (Å²) in [5.74, 6) is -0.796. The molecule has 0 unspecified atom stereocenters. The van der Waals surface area contributed by atoms with E-state index in [0.29, 0.717) is 11.1 Å². The number of halogens is 4. The van der Waals surface area contributed by atoms with Crippen LogP contribution in [-0.2, 0) is 0 Å². The summed E-state index contributed by atoms with van der Waals surface area (Å²) in [5.41, 5.74) is 6.97. The number of benzene rings is 2. The number of hydrogen-bond acceptors (Lipinski definition) is 2. The van der Waals surface area contributed by atoms with Crippen molar-refractivity contribution in [3.63, 3.8) is 0 Å². The van der Waals surface area contributed by atoms with E-state index in [1.165, 1.54) is 36.4 Å². The molecule has 2 rings (SSSR count). The zero-order valence-electron chi connectivity index (χ0n) is 9.54. The van der Waals surface area contributed by atoms with Gasteiger partial charge in [-0.1, -0.05) is 12.1 Å². The Kier molecular flexibility index (Phi) is 3.33. The van der Waals surface area contributed by atoms with Crippen LogP contribution in [0.5, 0.6) is 5.75 Å². The molecule has 2 aromatic rings. The molecule has 0 radical (unpaired) electrons. The molecule has 100 valence electrons. The van der Waals surface area contributed by atoms with Crippen LogP contribution in [0.25, 0.3) is 11.1 Å². The summed E-state index contributed by atoms with van der Waals surface area (Å²) in [6, 6.07) is 9.03. The monoisotopic (exact) mass is 271 g/mol. The predicted molar refractivity (Wildman–Crippen MR) is 62.9 cm³/mol. The van der Waals surface area contributed by atoms with E-state index in [0.717, 1.165) is 6.07 Å². The average Bonchev–Trinajstić information content (AvgIpc) is 2.28. The van der Waals surface area contributed by atoms with Crippen molar-refractivity contribution < 1.29 is 22.3 Å². The second kappa shape index (κ2) is 4.79. The minimum Gasteiger partial charge on any atom is -0.406 e. The third-order valence-electron chi connectivity index (χ3n) is 2.41. The molecular formula is C13H9F4NO. The van der Waals surface area contributed by atoms with Gasteiger partial charge < -0.3 is 10.5 Å². The first-order valence-electron chi connectivity index (χ1n) is 5.26. The zero-order valence-corrected chi connectivity index (χ0v) is 9.54. The average molecular weight is 271 g/mol. The quantitative estimate of drug-likeness (QED) is 0.662. The van der Waals surface area contributed by atoms with Crippen LogP contribution in [0.15, 0.2) is 42.5 Å². The van der Waals surface area contributed by atoms with Gasteiger partial charge in [0.15, 0.2) is 0 Å². The highest BCUT2D eigenvalue weighted by Crippen LogP contribution is 2.29. The molecule has 2 aromatic carbocycles. The molecule has 0 spiro atoms. The minimum atomic E-state index is -4.73. The Morgan fingerprint density at radius 1 is 0.947 bits per heavy atom. The van der Waals surface area contributed by atoms with Crippen molar-refractivity contribution in [1.82, 2.24) is 0 Å². The van der Waals surface area contributed by atoms with Crippen molar-refractivity contribution in [2.45, 2.75) is 6.36 Å². The lowest BCUT2D eigenvalue weighted by atomic mass is 10.0. The highest BCUT2D eigenvalue weighted by atomic mass is 19.4. The maximum absolute atomic E-state index is 12.9. The van der Waals surface area contributed by atoms with E-state index in [1.807, 2.05) is 0 Å². The van der Waals surface area contributed by atoms with Gasteiger partial charge in [-0.3, -0.25) is 0 Å². The number of rotatable bonds is 2. The van der Waals surface area contributed by atoms with Crippen molar-refractivity contribution in [1.29, 1.82) is 0 Å². The SMILES string of the molecule is Nc1cc(F)ccc1-c1ccc(OC(F)(F)F)cc1. The Hall–Kier alpha value is -2.24. The molecule has 0 bridgehead atoms. The van der Waals surface area contributed by atoms with Crippen LogP contribution < -0.4 is 10.5 Å². The summed E-state index contributed by atoms with van der Waals surface area (Å²) < 4.78 is 52.6. The maximum Gasteiger partial charge on any atom is 0.573 e. The Balaban J connectivity index is 2.27. The summed E-state index contributed by atoms with van der Waals surface area (Å²) in [6.07, 6.45) is -4.73. The molecule has 0 fully saturated rings. The van der Waals surface area contributed by atoms with Crippen molar-refractivity contribution >= 4 is 5.69 Å². The van der Waals surface area contributed by atoms with E-state index >= 15 is 0 Å². The van der Waals surface area contributed by atoms with E-state index in [-0.39, 0.29) is 11.4 Å². The molecule has 19 heavy (non-hydrogen) atoms. The van der Waals surface area contributed by atoms with Crippen LogP contribution in [0.2, 0.25) is 0 Å². The fraction of sp³-hybridized carbons (Fsp3) is 0.0769. The molecule has 0 aliphatic carbocycles. The first kappa shape index (κ1) is 13.2. The minimum absolute atomic E-state index is 0.212. The molecule has 0 amide bonds. The second-order valence-corrected chi connectivity index (χ2v) is 3.80. The van der Waals surface area contributed by atoms with Gasteiger partial charge in [0.05, 0.1) is 0 Å². The second-order valence-electron chi connectivity index (χ2n) is 3.80. The van der Waals surface area contributed by atoms with E-state index < -0.39 is 12.2 Å². The lowest BCUT2D eigenvalue weighted by Crippen LogP contribution is -2.16. The van der Waals surface area contributed by atoms with Gasteiger partial charge in [-0.05, 0) is 35.9 Å². The molecule has 0 atom stereocenters. The molecule has 0 saturated heterocycles. The van der Waals surface area contributed by atoms with Gasteiger partial charge in [0.1, 0.15) is 11.6 Å². The standard InChI is InChI=1S/C13H9F4NO/c14-9-3-6-11(12(18)7-9)8-1-4-10(5-2-8)19-13(15,16)17/h1-7H,18H2. The molecule has 2 nitrogen and oxygen atoms in total. The van der Waals surface area contributed by atoms with Crippen LogP contribution >= 0.6 is 0 Å². The topological polar surface area (TPSA) is 35.2 Å². The Morgan fingerprint density at radius 2 is 1.58 bits per heavy atom. The van der Waals surface area contributed by atoms with Crippen LogP contribution in [0, 0.1) is 5.82 Å². The lowest BCUT2D eigenvalue weighted by molar-refractivity contribution is -0.274. The Bertz CT molecular complexity index is 578. The summed E-state index contributed by atoms with van der Waals surface area (Å²) in [6.45, 7) is 0. The summed E-state index contributed by atoms with van der Waals surface area (Å²) >= 11 is 0. The number of anilines is 1. The van der Waals surface area contributed by atoms with Crippen LogP contribution in [0.4, 0.5) is 23.2 Å². The highest BCUT2D eigenvalue weighted by molar-refractivity contribution is 5.76. The molecule has 0 heterocycles. The van der Waals surface area contributed by atoms with Gasteiger partial charge in [-0.25, -0.2) is 4.39 Å². The number of alkyl halides is 3. The van der Waals surface area contributed by atoms with Gasteiger partial charge >= 0.3 is 6.36 Å². The predicted octanol–water partition coefficient (Wildman–Crippen LogP) is 3.97. The zero-order chi connectivity index (χ0) is 14.0. The van der Waals surface area contributed by atoms with Crippen molar-refractivity contribution in [3.8, 4) is 16.9 Å². The van der Waals surface area contributed by atoms with E-state index in [2.05, 4.69) is 4.74 Å².